The molecule has 2 aromatic rings. The number of carbonyl (C=O) groups excluding carboxylic acids is 1. The Balaban J connectivity index is 2.25. The lowest BCUT2D eigenvalue weighted by atomic mass is 9.92. The average molecular weight is 338 g/mol. The van der Waals surface area contributed by atoms with Gasteiger partial charge in [0.2, 0.25) is 0 Å². The number of nitrogens with zero attached hydrogens (tertiary/aromatic N) is 2. The predicted octanol–water partition coefficient (Wildman–Crippen LogP) is 2.07. The van der Waals surface area contributed by atoms with Crippen LogP contribution in [0.3, 0.4) is 0 Å². The molecule has 0 bridgehead atoms. The topological polar surface area (TPSA) is 97.5 Å². The van der Waals surface area contributed by atoms with E-state index >= 15 is 0 Å². The van der Waals surface area contributed by atoms with Gasteiger partial charge in [0.25, 0.3) is 5.91 Å². The van der Waals surface area contributed by atoms with Gasteiger partial charge in [-0.05, 0) is 31.2 Å². The summed E-state index contributed by atoms with van der Waals surface area (Å²) in [5.74, 6) is -1.43. The lowest BCUT2D eigenvalue weighted by molar-refractivity contribution is 0.100. The molecule has 2 aromatic carbocycles. The molecule has 25 heavy (non-hydrogen) atoms. The van der Waals surface area contributed by atoms with Crippen LogP contribution >= 0.6 is 0 Å². The first-order valence-electron chi connectivity index (χ1n) is 7.64. The third kappa shape index (κ3) is 3.15. The Bertz CT molecular complexity index is 923. The Hall–Kier alpha value is -3.40. The number of halogens is 1. The number of aromatic hydroxyl groups is 1. The van der Waals surface area contributed by atoms with Crippen LogP contribution in [0.25, 0.3) is 11.1 Å². The molecule has 1 fully saturated rings. The fraction of sp³-hybridized carbons (Fsp3) is 0.167. The number of nitrogens with one attached hydrogen (secondary N) is 2. The third-order valence-electron chi connectivity index (χ3n) is 3.83. The minimum Gasteiger partial charge on any atom is -0.507 e. The fourth-order valence-corrected chi connectivity index (χ4v) is 2.67. The Kier molecular flexibility index (Phi) is 4.35. The van der Waals surface area contributed by atoms with E-state index in [1.165, 1.54) is 24.3 Å². The number of guanidine groups is 1. The Labute approximate surface area is 143 Å². The number of phenols is 1. The van der Waals surface area contributed by atoms with E-state index in [0.29, 0.717) is 13.1 Å². The fourth-order valence-electron chi connectivity index (χ4n) is 2.67. The summed E-state index contributed by atoms with van der Waals surface area (Å²) in [6, 6.07) is 8.91. The molecule has 7 heteroatoms. The molecule has 0 radical (unpaired) electrons. The van der Waals surface area contributed by atoms with E-state index in [0.717, 1.165) is 5.56 Å². The van der Waals surface area contributed by atoms with Crippen LogP contribution in [0.4, 0.5) is 4.39 Å². The Morgan fingerprint density at radius 3 is 2.68 bits per heavy atom. The molecule has 1 saturated heterocycles. The van der Waals surface area contributed by atoms with Gasteiger partial charge in [0.1, 0.15) is 11.6 Å². The highest BCUT2D eigenvalue weighted by molar-refractivity contribution is 6.09. The van der Waals surface area contributed by atoms with E-state index in [4.69, 9.17) is 0 Å². The summed E-state index contributed by atoms with van der Waals surface area (Å²) in [6.07, 6.45) is 0. The summed E-state index contributed by atoms with van der Waals surface area (Å²) in [7, 11) is 0. The second-order valence-electron chi connectivity index (χ2n) is 5.60. The number of aliphatic imine (C=N–C) groups is 1. The highest BCUT2D eigenvalue weighted by Gasteiger charge is 2.24. The van der Waals surface area contributed by atoms with E-state index in [9.17, 15) is 19.6 Å². The highest BCUT2D eigenvalue weighted by atomic mass is 19.1. The van der Waals surface area contributed by atoms with Crippen LogP contribution in [-0.2, 0) is 0 Å². The van der Waals surface area contributed by atoms with Gasteiger partial charge in [-0.3, -0.25) is 4.79 Å². The van der Waals surface area contributed by atoms with Crippen LogP contribution in [0.15, 0.2) is 35.3 Å². The largest absolute Gasteiger partial charge is 0.507 e. The van der Waals surface area contributed by atoms with Crippen molar-refractivity contribution in [1.29, 1.82) is 5.26 Å². The predicted molar refractivity (Wildman–Crippen MR) is 90.7 cm³/mol. The van der Waals surface area contributed by atoms with Crippen molar-refractivity contribution in [2.24, 2.45) is 4.99 Å². The zero-order chi connectivity index (χ0) is 18.0. The van der Waals surface area contributed by atoms with Crippen molar-refractivity contribution in [3.8, 4) is 22.9 Å². The number of carbonyl (C=O) groups is 1. The minimum absolute atomic E-state index is 0.0380. The van der Waals surface area contributed by atoms with Crippen molar-refractivity contribution in [1.82, 2.24) is 10.6 Å². The van der Waals surface area contributed by atoms with E-state index < -0.39 is 11.7 Å². The normalized spacial score (nSPS) is 12.9. The van der Waals surface area contributed by atoms with E-state index in [1.54, 1.807) is 13.0 Å². The summed E-state index contributed by atoms with van der Waals surface area (Å²) in [6.45, 7) is 3.01. The van der Waals surface area contributed by atoms with Gasteiger partial charge in [-0.1, -0.05) is 11.6 Å². The molecule has 0 aromatic heterocycles. The number of hydrogen-bond donors (Lipinski definition) is 3. The molecule has 0 spiro atoms. The highest BCUT2D eigenvalue weighted by Crippen LogP contribution is 2.35. The van der Waals surface area contributed by atoms with Gasteiger partial charge >= 0.3 is 0 Å². The maximum absolute atomic E-state index is 14.4. The summed E-state index contributed by atoms with van der Waals surface area (Å²) in [5, 5.41) is 25.4. The molecule has 0 saturated carbocycles. The molecule has 3 rings (SSSR count). The molecular weight excluding hydrogens is 323 g/mol. The number of rotatable bonds is 2. The summed E-state index contributed by atoms with van der Waals surface area (Å²) >= 11 is 0. The second kappa shape index (κ2) is 6.61. The average Bonchev–Trinajstić information content (AvgIpc) is 3.09. The van der Waals surface area contributed by atoms with Gasteiger partial charge in [0, 0.05) is 24.2 Å². The summed E-state index contributed by atoms with van der Waals surface area (Å²) in [4.78, 5) is 16.5. The smallest absolute Gasteiger partial charge is 0.284 e. The van der Waals surface area contributed by atoms with Crippen molar-refractivity contribution in [3.63, 3.8) is 0 Å². The van der Waals surface area contributed by atoms with E-state index in [2.05, 4.69) is 15.6 Å². The first kappa shape index (κ1) is 16.5. The number of aryl methyl sites for hydroxylation is 1. The molecule has 126 valence electrons. The van der Waals surface area contributed by atoms with Crippen LogP contribution in [0.2, 0.25) is 0 Å². The Morgan fingerprint density at radius 2 is 2.00 bits per heavy atom. The van der Waals surface area contributed by atoms with Gasteiger partial charge < -0.3 is 15.7 Å². The van der Waals surface area contributed by atoms with Crippen molar-refractivity contribution < 1.29 is 14.3 Å². The van der Waals surface area contributed by atoms with Gasteiger partial charge in [-0.15, -0.1) is 0 Å². The van der Waals surface area contributed by atoms with E-state index in [-0.39, 0.29) is 34.0 Å². The molecule has 1 aliphatic rings. The van der Waals surface area contributed by atoms with Gasteiger partial charge in [0.15, 0.2) is 5.96 Å². The van der Waals surface area contributed by atoms with Crippen LogP contribution in [-0.4, -0.2) is 30.1 Å². The van der Waals surface area contributed by atoms with Crippen LogP contribution < -0.4 is 10.6 Å². The monoisotopic (exact) mass is 338 g/mol. The standard InChI is InChI=1S/C18H15FN4O2/c1-10-2-4-13(19)12(8-10)15-11(9-20)3-5-14(24)16(15)17(25)23-18-21-6-7-22-18/h2-5,8,24H,6-7H2,1H3,(H2,21,22,23,25). The van der Waals surface area contributed by atoms with E-state index in [1.807, 2.05) is 6.07 Å². The lowest BCUT2D eigenvalue weighted by Crippen LogP contribution is -2.25. The molecular formula is C18H15FN4O2. The minimum atomic E-state index is -0.762. The van der Waals surface area contributed by atoms with Crippen LogP contribution in [0.1, 0.15) is 21.5 Å². The molecule has 0 unspecified atom stereocenters. The summed E-state index contributed by atoms with van der Waals surface area (Å²) in [5.41, 5.74) is 0.747. The molecule has 0 aliphatic carbocycles. The zero-order valence-electron chi connectivity index (χ0n) is 13.4. The van der Waals surface area contributed by atoms with Crippen molar-refractivity contribution >= 4 is 11.9 Å². The molecule has 6 nitrogen and oxygen atoms in total. The van der Waals surface area contributed by atoms with Gasteiger partial charge in [0.05, 0.1) is 17.2 Å². The third-order valence-corrected chi connectivity index (χ3v) is 3.83. The number of benzene rings is 2. The SMILES string of the molecule is Cc1ccc(F)c(-c2c(C#N)ccc(O)c2C(=O)N=C2NCCN2)c1. The maximum atomic E-state index is 14.4. The zero-order valence-corrected chi connectivity index (χ0v) is 13.4. The van der Waals surface area contributed by atoms with Crippen LogP contribution in [0, 0.1) is 24.1 Å². The second-order valence-corrected chi connectivity index (χ2v) is 5.60. The number of amides is 1. The first-order chi connectivity index (χ1) is 12.0. The van der Waals surface area contributed by atoms with Crippen molar-refractivity contribution in [2.75, 3.05) is 13.1 Å². The van der Waals surface area contributed by atoms with Gasteiger partial charge in [-0.25, -0.2) is 4.39 Å². The molecule has 1 heterocycles. The van der Waals surface area contributed by atoms with Gasteiger partial charge in [-0.2, -0.15) is 10.3 Å². The molecule has 3 N–H and O–H groups in total. The molecule has 0 atom stereocenters. The van der Waals surface area contributed by atoms with Crippen molar-refractivity contribution in [2.45, 2.75) is 6.92 Å². The summed E-state index contributed by atoms with van der Waals surface area (Å²) < 4.78 is 14.4. The quantitative estimate of drug-likeness (QED) is 0.779. The van der Waals surface area contributed by atoms with Crippen molar-refractivity contribution in [3.05, 3.63) is 52.8 Å². The lowest BCUT2D eigenvalue weighted by Gasteiger charge is -2.13. The Morgan fingerprint density at radius 1 is 1.28 bits per heavy atom. The molecule has 1 amide bonds. The first-order valence-corrected chi connectivity index (χ1v) is 7.64. The van der Waals surface area contributed by atoms with Crippen LogP contribution in [0.5, 0.6) is 5.75 Å². The number of phenolic OH excluding ortho intramolecular Hbond substituents is 1. The molecule has 1 aliphatic heterocycles. The maximum Gasteiger partial charge on any atom is 0.284 e. The number of hydrogen-bond acceptors (Lipinski definition) is 3. The number of nitriles is 1.